The number of nitrogen functional groups attached to an aromatic ring is 1. The van der Waals surface area contributed by atoms with Gasteiger partial charge in [0.2, 0.25) is 5.95 Å². The van der Waals surface area contributed by atoms with Crippen molar-refractivity contribution in [3.63, 3.8) is 0 Å². The zero-order chi connectivity index (χ0) is 65.7. The highest BCUT2D eigenvalue weighted by molar-refractivity contribution is 6.29. The van der Waals surface area contributed by atoms with Crippen molar-refractivity contribution in [3.05, 3.63) is 189 Å². The number of Topliss-reactive ketones (excluding diaryl/α,β-unsaturated/α-hetero) is 3. The van der Waals surface area contributed by atoms with Gasteiger partial charge in [-0.15, -0.1) is 15.2 Å². The molecule has 9 aromatic rings. The van der Waals surface area contributed by atoms with Crippen molar-refractivity contribution in [2.24, 2.45) is 0 Å². The fraction of sp³-hybridized carbons (Fsp3) is 0.297. The minimum Gasteiger partial charge on any atom is -0.457 e. The molecule has 11 rings (SSSR count). The zero-order valence-electron chi connectivity index (χ0n) is 50.2. The van der Waals surface area contributed by atoms with Gasteiger partial charge in [-0.3, -0.25) is 34.8 Å². The van der Waals surface area contributed by atoms with Crippen molar-refractivity contribution < 1.29 is 60.3 Å². The maximum atomic E-state index is 12.5. The summed E-state index contributed by atoms with van der Waals surface area (Å²) in [6, 6.07) is 34.9. The SMILES string of the molecule is C.CC.CC.CC.CC.CC(F)(F)COc1nc(N)nc(OCC(F)(F)F)n1.O=C(Oc1cccc2cccnc12)c1cccc([N+](=O)[O-])c1.O=C1CCCc2c1[nH]c1ccc(C#Cc3ccccc3)cc21.O=C1c2ccccc2C(=O)C1NCc1nn[nH]n1. The number of carbonyl (C=O) groups excluding carboxylic acids is 4. The van der Waals surface area contributed by atoms with Crippen LogP contribution in [0.15, 0.2) is 134 Å². The number of rotatable bonds is 11. The Labute approximate surface area is 517 Å². The number of non-ortho nitro benzene ring substituents is 1. The smallest absolute Gasteiger partial charge is 0.422 e. The first-order chi connectivity index (χ1) is 42.8. The van der Waals surface area contributed by atoms with Crippen LogP contribution in [0.2, 0.25) is 0 Å². The van der Waals surface area contributed by atoms with Crippen LogP contribution < -0.4 is 25.3 Å². The number of aryl methyl sites for hydroxylation is 1. The lowest BCUT2D eigenvalue weighted by Crippen LogP contribution is -2.38. The number of nitrogens with one attached hydrogen (secondary N) is 3. The first kappa shape index (κ1) is 73.8. The number of tetrazole rings is 1. The third kappa shape index (κ3) is 22.1. The van der Waals surface area contributed by atoms with Gasteiger partial charge in [0.05, 0.1) is 22.7 Å². The van der Waals surface area contributed by atoms with E-state index in [4.69, 9.17) is 10.5 Å². The minimum absolute atomic E-state index is 0. The van der Waals surface area contributed by atoms with Crippen LogP contribution in [0.25, 0.3) is 21.8 Å². The molecule has 5 N–H and O–H groups in total. The molecule has 0 bridgehead atoms. The number of hydrogen-bond donors (Lipinski definition) is 4. The van der Waals surface area contributed by atoms with Gasteiger partial charge in [0.1, 0.15) is 11.6 Å². The van der Waals surface area contributed by atoms with Crippen molar-refractivity contribution >= 4 is 56.8 Å². The van der Waals surface area contributed by atoms with Crippen LogP contribution in [-0.4, -0.2) is 105 Å². The number of H-pyrrole nitrogens is 2. The molecule has 4 heterocycles. The van der Waals surface area contributed by atoms with Crippen LogP contribution in [-0.2, 0) is 13.0 Å². The second-order valence-corrected chi connectivity index (χ2v) is 17.6. The van der Waals surface area contributed by atoms with Gasteiger partial charge in [-0.05, 0) is 66.9 Å². The number of pyridine rings is 1. The third-order valence-electron chi connectivity index (χ3n) is 11.5. The monoisotopic (exact) mass is 1250 g/mol. The van der Waals surface area contributed by atoms with Gasteiger partial charge >= 0.3 is 24.2 Å². The van der Waals surface area contributed by atoms with E-state index in [1.165, 1.54) is 24.3 Å². The van der Waals surface area contributed by atoms with Crippen LogP contribution >= 0.6 is 0 Å². The van der Waals surface area contributed by atoms with Crippen molar-refractivity contribution in [2.75, 3.05) is 18.9 Å². The second kappa shape index (κ2) is 36.7. The number of halogens is 5. The Morgan fingerprint density at radius 2 is 1.36 bits per heavy atom. The summed E-state index contributed by atoms with van der Waals surface area (Å²) in [4.78, 5) is 75.7. The van der Waals surface area contributed by atoms with Crippen LogP contribution in [0, 0.1) is 22.0 Å². The van der Waals surface area contributed by atoms with Gasteiger partial charge in [0.25, 0.3) is 11.6 Å². The van der Waals surface area contributed by atoms with Crippen molar-refractivity contribution in [1.29, 1.82) is 0 Å². The molecule has 5 aromatic carbocycles. The van der Waals surface area contributed by atoms with E-state index in [0.29, 0.717) is 41.6 Å². The number of aromatic amines is 2. The van der Waals surface area contributed by atoms with Crippen LogP contribution in [0.3, 0.4) is 0 Å². The van der Waals surface area contributed by atoms with Gasteiger partial charge in [-0.1, -0.05) is 147 Å². The Hall–Kier alpha value is -10.4. The Balaban J connectivity index is 0.000000302. The number of alkyl halides is 5. The average Bonchev–Trinajstić information content (AvgIpc) is 1.74. The molecule has 476 valence electrons. The highest BCUT2D eigenvalue weighted by atomic mass is 19.4. The number of benzene rings is 5. The van der Waals surface area contributed by atoms with Crippen LogP contribution in [0.1, 0.15) is 147 Å². The molecule has 4 aromatic heterocycles. The lowest BCUT2D eigenvalue weighted by molar-refractivity contribution is -0.384. The van der Waals surface area contributed by atoms with E-state index in [1.54, 1.807) is 48.7 Å². The largest absolute Gasteiger partial charge is 0.457 e. The summed E-state index contributed by atoms with van der Waals surface area (Å²) in [5, 5.41) is 28.8. The first-order valence-electron chi connectivity index (χ1n) is 28.2. The van der Waals surface area contributed by atoms with Gasteiger partial charge in [0.15, 0.2) is 42.1 Å². The number of carbonyl (C=O) groups is 4. The molecule has 0 saturated heterocycles. The highest BCUT2D eigenvalue weighted by Crippen LogP contribution is 2.30. The number of ether oxygens (including phenoxy) is 3. The van der Waals surface area contributed by atoms with E-state index in [9.17, 15) is 51.2 Å². The summed E-state index contributed by atoms with van der Waals surface area (Å²) in [5.41, 5.74) is 11.6. The predicted molar refractivity (Wildman–Crippen MR) is 332 cm³/mol. The third-order valence-corrected chi connectivity index (χ3v) is 11.5. The maximum absolute atomic E-state index is 12.5. The molecule has 2 aliphatic carbocycles. The van der Waals surface area contributed by atoms with Crippen LogP contribution in [0.5, 0.6) is 17.8 Å². The number of nitro groups is 1. The van der Waals surface area contributed by atoms with Gasteiger partial charge in [-0.25, -0.2) is 13.6 Å². The molecular formula is C64H71F5N12O9. The number of nitro benzene ring substituents is 1. The molecule has 90 heavy (non-hydrogen) atoms. The molecular weight excluding hydrogens is 1180 g/mol. The predicted octanol–water partition coefficient (Wildman–Crippen LogP) is 13.4. The Bertz CT molecular complexity index is 3760. The number of hydrogen-bond acceptors (Lipinski definition) is 18. The Morgan fingerprint density at radius 3 is 1.97 bits per heavy atom. The molecule has 0 radical (unpaired) electrons. The van der Waals surface area contributed by atoms with E-state index in [1.807, 2.05) is 110 Å². The molecule has 0 unspecified atom stereocenters. The molecule has 0 amide bonds. The lowest BCUT2D eigenvalue weighted by Gasteiger charge is -2.11. The number of aromatic nitrogens is 9. The number of ketones is 3. The van der Waals surface area contributed by atoms with Crippen molar-refractivity contribution in [1.82, 2.24) is 50.9 Å². The minimum atomic E-state index is -4.60. The van der Waals surface area contributed by atoms with E-state index >= 15 is 0 Å². The standard InChI is InChI=1S/C20H15NO.C16H10N2O4.C11H9N5O2.C8H9F5N4O2.4C2H6.CH4/c22-19-8-4-7-16-17-13-15(11-12-18(17)21-20(16)19)10-9-14-5-2-1-3-6-14;19-16(12-5-1-7-13(10-12)18(20)21)22-14-8-2-4-11-6-3-9-17-15(11)14;17-10-6-3-1-2-4-7(6)11(18)9(10)12-5-8-13-15-16-14-8;1-7(9,10)2-18-5-15-4(14)16-6(17-5)19-3-8(11,12)13;4*1-2;/h1-3,5-6,11-13,21H,4,7-8H2;1-10H;1-4,9,12H,5H2,(H,13,14,15,16);2-3H2,1H3,(H2,14,15,16,17);4*1-2H3;1H4. The molecule has 21 nitrogen and oxygen atoms in total. The quantitative estimate of drug-likeness (QED) is 0.0178. The molecule has 0 atom stereocenters. The Kier molecular flexibility index (Phi) is 30.1. The fourth-order valence-electron chi connectivity index (χ4n) is 7.90. The summed E-state index contributed by atoms with van der Waals surface area (Å²) in [7, 11) is 0. The first-order valence-corrected chi connectivity index (χ1v) is 28.2. The molecule has 2 aliphatic rings. The zero-order valence-corrected chi connectivity index (χ0v) is 50.2. The fourth-order valence-corrected chi connectivity index (χ4v) is 7.90. The Morgan fingerprint density at radius 1 is 0.744 bits per heavy atom. The average molecular weight is 1250 g/mol. The number of esters is 1. The van der Waals surface area contributed by atoms with Gasteiger partial charge in [0, 0.05) is 70.2 Å². The van der Waals surface area contributed by atoms with E-state index in [0.717, 1.165) is 51.5 Å². The maximum Gasteiger partial charge on any atom is 0.422 e. The van der Waals surface area contributed by atoms with E-state index in [2.05, 4.69) is 78.2 Å². The molecule has 0 saturated carbocycles. The normalized spacial score (nSPS) is 11.7. The topological polar surface area (TPSA) is 299 Å². The molecule has 0 fully saturated rings. The summed E-state index contributed by atoms with van der Waals surface area (Å²) in [6.07, 6.45) is -0.429. The number of fused-ring (bicyclic) bond motifs is 5. The van der Waals surface area contributed by atoms with Crippen LogP contribution in [0.4, 0.5) is 33.6 Å². The van der Waals surface area contributed by atoms with Crippen molar-refractivity contribution in [2.45, 2.75) is 114 Å². The molecule has 0 spiro atoms. The summed E-state index contributed by atoms with van der Waals surface area (Å²) >= 11 is 0. The number of nitrogens with zero attached hydrogens (tertiary/aromatic N) is 8. The summed E-state index contributed by atoms with van der Waals surface area (Å²) in [5.74, 6) is 2.59. The number of anilines is 1. The molecule has 26 heteroatoms. The number of para-hydroxylation sites is 1. The van der Waals surface area contributed by atoms with Gasteiger partial charge < -0.3 is 24.9 Å². The highest BCUT2D eigenvalue weighted by Gasteiger charge is 2.38. The van der Waals surface area contributed by atoms with E-state index < -0.39 is 60.2 Å². The number of nitrogens with two attached hydrogens (primary N) is 1. The van der Waals surface area contributed by atoms with E-state index in [-0.39, 0.29) is 42.6 Å². The molecule has 0 aliphatic heterocycles. The summed E-state index contributed by atoms with van der Waals surface area (Å²) in [6.45, 7) is 14.1. The second-order valence-electron chi connectivity index (χ2n) is 17.6. The lowest BCUT2D eigenvalue weighted by atomic mass is 9.94. The van der Waals surface area contributed by atoms with Gasteiger partial charge in [-0.2, -0.15) is 28.4 Å². The van der Waals surface area contributed by atoms with Crippen molar-refractivity contribution in [3.8, 4) is 29.6 Å². The summed E-state index contributed by atoms with van der Waals surface area (Å²) < 4.78 is 74.7.